The average molecular weight is 672 g/mol. The van der Waals surface area contributed by atoms with Crippen molar-refractivity contribution in [2.24, 2.45) is 0 Å². The smallest absolute Gasteiger partial charge is 1.00 e. The molecule has 1 amide bonds. The number of sulfonamides is 1. The van der Waals surface area contributed by atoms with Crippen molar-refractivity contribution in [3.8, 4) is 22.4 Å². The Morgan fingerprint density at radius 1 is 1.00 bits per heavy atom. The summed E-state index contributed by atoms with van der Waals surface area (Å²) < 4.78 is 60.5. The van der Waals surface area contributed by atoms with Gasteiger partial charge in [-0.1, -0.05) is 26.0 Å². The summed E-state index contributed by atoms with van der Waals surface area (Å²) in [4.78, 5) is 22.7. The van der Waals surface area contributed by atoms with Gasteiger partial charge >= 0.3 is 35.5 Å². The number of aromatic nitrogens is 1. The second-order valence-corrected chi connectivity index (χ2v) is 13.6. The van der Waals surface area contributed by atoms with E-state index in [-0.39, 0.29) is 91.8 Å². The molecule has 2 heterocycles. The van der Waals surface area contributed by atoms with Gasteiger partial charge in [-0.2, -0.15) is 4.31 Å². The summed E-state index contributed by atoms with van der Waals surface area (Å²) in [5.74, 6) is -2.88. The quantitative estimate of drug-likeness (QED) is 0.200. The van der Waals surface area contributed by atoms with E-state index in [0.717, 1.165) is 0 Å². The van der Waals surface area contributed by atoms with Crippen LogP contribution in [0, 0.1) is 11.6 Å². The summed E-state index contributed by atoms with van der Waals surface area (Å²) in [6, 6.07) is 10.6. The fraction of sp³-hybridized carbons (Fsp3) is 0.438. The normalized spacial score (nSPS) is 16.7. The number of nitrogens with zero attached hydrogens (tertiary/aromatic N) is 2. The SMILES string of the molecule is CC(=O)NC1CCN(S(=O)(=O)c2c(-c3ccc(F)cc3)c(-c3ccc(F)cc3)n(CCC(O)CC(O)CC(=O)O)c2C(C)C)C1.[H-].[Na+]. The van der Waals surface area contributed by atoms with Crippen LogP contribution in [0.4, 0.5) is 8.78 Å². The maximum atomic E-state index is 14.6. The predicted molar refractivity (Wildman–Crippen MR) is 165 cm³/mol. The number of nitrogens with one attached hydrogen (secondary N) is 1. The van der Waals surface area contributed by atoms with E-state index in [1.54, 1.807) is 4.57 Å². The van der Waals surface area contributed by atoms with Gasteiger partial charge in [0.25, 0.3) is 0 Å². The van der Waals surface area contributed by atoms with Crippen molar-refractivity contribution in [1.82, 2.24) is 14.2 Å². The van der Waals surface area contributed by atoms with Crippen LogP contribution in [-0.2, 0) is 26.2 Å². The first-order chi connectivity index (χ1) is 21.2. The number of aliphatic carboxylic acids is 1. The zero-order chi connectivity index (χ0) is 33.1. The van der Waals surface area contributed by atoms with Crippen molar-refractivity contribution in [1.29, 1.82) is 0 Å². The molecule has 0 saturated carbocycles. The molecule has 1 aliphatic heterocycles. The first-order valence-electron chi connectivity index (χ1n) is 14.8. The summed E-state index contributed by atoms with van der Waals surface area (Å²) in [6.07, 6.45) is -2.68. The number of hydrogen-bond acceptors (Lipinski definition) is 6. The number of amides is 1. The molecule has 14 heteroatoms. The third kappa shape index (κ3) is 8.82. The summed E-state index contributed by atoms with van der Waals surface area (Å²) in [5, 5.41) is 32.6. The van der Waals surface area contributed by atoms with E-state index in [0.29, 0.717) is 28.9 Å². The van der Waals surface area contributed by atoms with Crippen LogP contribution in [0.25, 0.3) is 22.4 Å². The Balaban J connectivity index is 0.00000384. The molecule has 0 aliphatic carbocycles. The zero-order valence-electron chi connectivity index (χ0n) is 27.4. The molecule has 1 aromatic heterocycles. The number of carboxylic acids is 1. The first kappa shape index (κ1) is 37.8. The predicted octanol–water partition coefficient (Wildman–Crippen LogP) is 1.22. The molecule has 246 valence electrons. The van der Waals surface area contributed by atoms with Gasteiger partial charge < -0.3 is 26.6 Å². The Bertz CT molecular complexity index is 1640. The second-order valence-electron chi connectivity index (χ2n) is 11.7. The largest absolute Gasteiger partial charge is 1.00 e. The van der Waals surface area contributed by atoms with E-state index in [4.69, 9.17) is 5.11 Å². The second kappa shape index (κ2) is 16.0. The number of rotatable bonds is 13. The van der Waals surface area contributed by atoms with E-state index >= 15 is 0 Å². The van der Waals surface area contributed by atoms with Gasteiger partial charge in [0, 0.05) is 43.9 Å². The van der Waals surface area contributed by atoms with Gasteiger partial charge in [0.2, 0.25) is 15.9 Å². The molecule has 0 spiro atoms. The van der Waals surface area contributed by atoms with Crippen LogP contribution >= 0.6 is 0 Å². The molecule has 0 radical (unpaired) electrons. The van der Waals surface area contributed by atoms with Crippen molar-refractivity contribution in [2.45, 2.75) is 82.1 Å². The first-order valence-corrected chi connectivity index (χ1v) is 16.3. The minimum atomic E-state index is -4.24. The van der Waals surface area contributed by atoms with Gasteiger partial charge in [-0.3, -0.25) is 9.59 Å². The average Bonchev–Trinajstić information content (AvgIpc) is 3.55. The van der Waals surface area contributed by atoms with Gasteiger partial charge in [-0.15, -0.1) is 0 Å². The van der Waals surface area contributed by atoms with Crippen molar-refractivity contribution >= 4 is 21.9 Å². The number of carboxylic acid groups (broad SMARTS) is 1. The van der Waals surface area contributed by atoms with E-state index in [1.165, 1.54) is 59.8 Å². The molecule has 2 aromatic carbocycles. The molecular formula is C32H40F2N3NaO7S. The summed E-state index contributed by atoms with van der Waals surface area (Å²) in [6.45, 7) is 5.30. The molecule has 3 aromatic rings. The minimum Gasteiger partial charge on any atom is -1.00 e. The maximum absolute atomic E-state index is 14.6. The van der Waals surface area contributed by atoms with E-state index in [9.17, 15) is 37.0 Å². The maximum Gasteiger partial charge on any atom is 1.00 e. The Hall–Kier alpha value is -2.65. The van der Waals surface area contributed by atoms with Crippen molar-refractivity contribution in [3.63, 3.8) is 0 Å². The number of carbonyl (C=O) groups excluding carboxylic acids is 1. The number of carbonyl (C=O) groups is 2. The Labute approximate surface area is 291 Å². The molecule has 3 unspecified atom stereocenters. The minimum absolute atomic E-state index is 0. The Morgan fingerprint density at radius 2 is 1.57 bits per heavy atom. The molecule has 4 N–H and O–H groups in total. The molecule has 1 saturated heterocycles. The van der Waals surface area contributed by atoms with E-state index in [2.05, 4.69) is 5.32 Å². The van der Waals surface area contributed by atoms with Gasteiger partial charge in [0.15, 0.2) is 0 Å². The van der Waals surface area contributed by atoms with Crippen LogP contribution in [0.1, 0.15) is 59.5 Å². The van der Waals surface area contributed by atoms with Crippen LogP contribution in [0.15, 0.2) is 53.4 Å². The van der Waals surface area contributed by atoms with E-state index < -0.39 is 46.3 Å². The number of aliphatic hydroxyl groups is 2. The topological polar surface area (TPSA) is 149 Å². The van der Waals surface area contributed by atoms with Gasteiger partial charge in [0.05, 0.1) is 24.3 Å². The summed E-state index contributed by atoms with van der Waals surface area (Å²) >= 11 is 0. The van der Waals surface area contributed by atoms with Crippen LogP contribution in [0.3, 0.4) is 0 Å². The molecule has 0 bridgehead atoms. The fourth-order valence-corrected chi connectivity index (χ4v) is 8.01. The van der Waals surface area contributed by atoms with Crippen LogP contribution in [-0.4, -0.2) is 75.8 Å². The van der Waals surface area contributed by atoms with Crippen LogP contribution in [0.5, 0.6) is 0 Å². The van der Waals surface area contributed by atoms with Crippen LogP contribution in [0.2, 0.25) is 0 Å². The van der Waals surface area contributed by atoms with E-state index in [1.807, 2.05) is 13.8 Å². The van der Waals surface area contributed by atoms with Crippen molar-refractivity contribution in [2.75, 3.05) is 13.1 Å². The third-order valence-electron chi connectivity index (χ3n) is 7.85. The zero-order valence-corrected chi connectivity index (χ0v) is 29.2. The monoisotopic (exact) mass is 671 g/mol. The molecule has 3 atom stereocenters. The van der Waals surface area contributed by atoms with Gasteiger partial charge in [-0.05, 0) is 72.7 Å². The molecule has 46 heavy (non-hydrogen) atoms. The molecule has 1 aliphatic rings. The molecule has 4 rings (SSSR count). The standard InChI is InChI=1S/C32H39F2N3O7S.Na.H/c1-19(2)30-32(45(43,44)36-14-12-25(18-36)35-20(3)38)29(21-4-8-23(33)9-5-21)31(22-6-10-24(34)11-7-22)37(30)15-13-26(39)16-27(40)17-28(41)42;;/h4-11,19,25-27,39-40H,12-18H2,1-3H3,(H,35,38)(H,41,42);;/q;+1;-1. The molecule has 1 fully saturated rings. The molecular weight excluding hydrogens is 631 g/mol. The van der Waals surface area contributed by atoms with Crippen molar-refractivity contribution in [3.05, 3.63) is 65.9 Å². The number of benzene rings is 2. The third-order valence-corrected chi connectivity index (χ3v) is 9.79. The van der Waals surface area contributed by atoms with Gasteiger partial charge in [-0.25, -0.2) is 17.2 Å². The molecule has 10 nitrogen and oxygen atoms in total. The van der Waals surface area contributed by atoms with Gasteiger partial charge in [0.1, 0.15) is 16.5 Å². The fourth-order valence-electron chi connectivity index (χ4n) is 5.95. The number of aliphatic hydroxyl groups excluding tert-OH is 2. The number of halogens is 2. The van der Waals surface area contributed by atoms with Crippen LogP contribution < -0.4 is 34.9 Å². The number of hydrogen-bond donors (Lipinski definition) is 4. The summed E-state index contributed by atoms with van der Waals surface area (Å²) in [7, 11) is -4.24. The Morgan fingerprint density at radius 3 is 2.09 bits per heavy atom. The summed E-state index contributed by atoms with van der Waals surface area (Å²) in [5.41, 5.74) is 2.00. The van der Waals surface area contributed by atoms with Crippen molar-refractivity contribution < 1.29 is 73.1 Å². The Kier molecular flexibility index (Phi) is 13.1.